The van der Waals surface area contributed by atoms with E-state index < -0.39 is 0 Å². The lowest BCUT2D eigenvalue weighted by molar-refractivity contribution is -0.117. The number of amides is 2. The molecule has 1 aliphatic rings. The Morgan fingerprint density at radius 1 is 1.23 bits per heavy atom. The van der Waals surface area contributed by atoms with E-state index in [9.17, 15) is 14.4 Å². The minimum absolute atomic E-state index is 0.102. The van der Waals surface area contributed by atoms with Crippen LogP contribution in [0.3, 0.4) is 0 Å². The van der Waals surface area contributed by atoms with Crippen LogP contribution in [0.15, 0.2) is 40.3 Å². The van der Waals surface area contributed by atoms with Crippen LogP contribution < -0.4 is 16.2 Å². The Kier molecular flexibility index (Phi) is 5.41. The van der Waals surface area contributed by atoms with Gasteiger partial charge in [-0.1, -0.05) is 18.7 Å². The van der Waals surface area contributed by atoms with Gasteiger partial charge in [0.05, 0.1) is 6.04 Å². The number of benzene rings is 1. The first-order chi connectivity index (χ1) is 12.5. The quantitative estimate of drug-likeness (QED) is 0.787. The second kappa shape index (κ2) is 7.74. The number of nitrogens with one attached hydrogen (secondary N) is 2. The molecule has 0 aliphatic carbocycles. The summed E-state index contributed by atoms with van der Waals surface area (Å²) in [4.78, 5) is 40.1. The Morgan fingerprint density at radius 3 is 2.50 bits per heavy atom. The van der Waals surface area contributed by atoms with Crippen molar-refractivity contribution in [1.82, 2.24) is 9.55 Å². The summed E-state index contributed by atoms with van der Waals surface area (Å²) < 4.78 is 1.61. The topological polar surface area (TPSA) is 93.1 Å². The molecule has 0 radical (unpaired) electrons. The van der Waals surface area contributed by atoms with Gasteiger partial charge in [0.25, 0.3) is 5.56 Å². The minimum atomic E-state index is -0.195. The van der Waals surface area contributed by atoms with Gasteiger partial charge in [0, 0.05) is 42.2 Å². The molecule has 1 aromatic carbocycles. The molecule has 1 unspecified atom stereocenters. The van der Waals surface area contributed by atoms with Crippen LogP contribution in [-0.2, 0) is 16.0 Å². The number of rotatable bonds is 5. The van der Waals surface area contributed by atoms with Crippen molar-refractivity contribution in [1.29, 1.82) is 0 Å². The van der Waals surface area contributed by atoms with Crippen LogP contribution in [0.5, 0.6) is 0 Å². The second-order valence-corrected chi connectivity index (χ2v) is 7.05. The Bertz CT molecular complexity index is 892. The Morgan fingerprint density at radius 2 is 1.88 bits per heavy atom. The minimum Gasteiger partial charge on any atom is -0.326 e. The zero-order valence-corrected chi connectivity index (χ0v) is 15.4. The van der Waals surface area contributed by atoms with Gasteiger partial charge in [-0.05, 0) is 30.7 Å². The molecular weight excluding hydrogens is 352 g/mol. The summed E-state index contributed by atoms with van der Waals surface area (Å²) in [6, 6.07) is 8.24. The Hall–Kier alpha value is -2.61. The van der Waals surface area contributed by atoms with Crippen molar-refractivity contribution in [3.8, 4) is 0 Å². The number of fused-ring (bicyclic) bond motifs is 1. The standard InChI is InChI=1S/C18H20N4O3S/c1-3-12-8-17(25)22-15(10-26-18(22)21-12)9-16(24)20-14-6-4-13(5-7-14)19-11(2)23/h4-8,15H,3,9-10H2,1-2H3,(H,19,23)(H,20,24). The normalized spacial score (nSPS) is 15.4. The third kappa shape index (κ3) is 4.13. The van der Waals surface area contributed by atoms with Crippen molar-refractivity contribution in [2.45, 2.75) is 37.9 Å². The van der Waals surface area contributed by atoms with Crippen molar-refractivity contribution in [2.75, 3.05) is 16.4 Å². The molecule has 1 aliphatic heterocycles. The highest BCUT2D eigenvalue weighted by molar-refractivity contribution is 7.99. The first-order valence-corrected chi connectivity index (χ1v) is 9.37. The van der Waals surface area contributed by atoms with E-state index in [0.717, 1.165) is 5.69 Å². The van der Waals surface area contributed by atoms with Gasteiger partial charge in [-0.2, -0.15) is 0 Å². The number of carbonyl (C=O) groups is 2. The summed E-state index contributed by atoms with van der Waals surface area (Å²) in [7, 11) is 0. The number of hydrogen-bond donors (Lipinski definition) is 2. The summed E-state index contributed by atoms with van der Waals surface area (Å²) in [5, 5.41) is 6.18. The lowest BCUT2D eigenvalue weighted by atomic mass is 10.2. The second-order valence-electron chi connectivity index (χ2n) is 6.07. The maximum absolute atomic E-state index is 12.3. The first kappa shape index (κ1) is 18.2. The number of thioether (sulfide) groups is 1. The van der Waals surface area contributed by atoms with Crippen molar-refractivity contribution in [3.05, 3.63) is 46.4 Å². The van der Waals surface area contributed by atoms with Crippen LogP contribution in [0.1, 0.15) is 32.0 Å². The number of anilines is 2. The van der Waals surface area contributed by atoms with Gasteiger partial charge in [0.1, 0.15) is 0 Å². The van der Waals surface area contributed by atoms with Crippen LogP contribution in [0.25, 0.3) is 0 Å². The van der Waals surface area contributed by atoms with Crippen LogP contribution in [0.2, 0.25) is 0 Å². The number of aryl methyl sites for hydroxylation is 1. The molecule has 7 nitrogen and oxygen atoms in total. The highest BCUT2D eigenvalue weighted by Gasteiger charge is 2.27. The lowest BCUT2D eigenvalue weighted by Crippen LogP contribution is -2.27. The number of hydrogen-bond acceptors (Lipinski definition) is 5. The van der Waals surface area contributed by atoms with Gasteiger partial charge in [0.15, 0.2) is 5.16 Å². The molecule has 2 amide bonds. The molecule has 1 atom stereocenters. The van der Waals surface area contributed by atoms with E-state index in [2.05, 4.69) is 15.6 Å². The number of nitrogens with zero attached hydrogens (tertiary/aromatic N) is 2. The molecule has 8 heteroatoms. The molecule has 0 bridgehead atoms. The summed E-state index contributed by atoms with van der Waals surface area (Å²) >= 11 is 1.51. The van der Waals surface area contributed by atoms with Crippen molar-refractivity contribution in [3.63, 3.8) is 0 Å². The van der Waals surface area contributed by atoms with Crippen molar-refractivity contribution in [2.24, 2.45) is 0 Å². The van der Waals surface area contributed by atoms with E-state index >= 15 is 0 Å². The summed E-state index contributed by atoms with van der Waals surface area (Å²) in [6.45, 7) is 3.40. The van der Waals surface area contributed by atoms with E-state index in [1.165, 1.54) is 18.7 Å². The van der Waals surface area contributed by atoms with Gasteiger partial charge >= 0.3 is 0 Å². The maximum Gasteiger partial charge on any atom is 0.254 e. The van der Waals surface area contributed by atoms with E-state index in [-0.39, 0.29) is 29.8 Å². The van der Waals surface area contributed by atoms with E-state index in [4.69, 9.17) is 0 Å². The highest BCUT2D eigenvalue weighted by atomic mass is 32.2. The third-order valence-electron chi connectivity index (χ3n) is 4.02. The molecule has 0 spiro atoms. The van der Waals surface area contributed by atoms with Gasteiger partial charge in [0.2, 0.25) is 11.8 Å². The molecule has 0 saturated carbocycles. The molecule has 26 heavy (non-hydrogen) atoms. The Balaban J connectivity index is 1.65. The summed E-state index contributed by atoms with van der Waals surface area (Å²) in [5.41, 5.74) is 1.98. The van der Waals surface area contributed by atoms with Gasteiger partial charge in [-0.15, -0.1) is 0 Å². The molecule has 3 rings (SSSR count). The fraction of sp³-hybridized carbons (Fsp3) is 0.333. The average molecular weight is 372 g/mol. The summed E-state index contributed by atoms with van der Waals surface area (Å²) in [5.74, 6) is 0.344. The fourth-order valence-electron chi connectivity index (χ4n) is 2.80. The summed E-state index contributed by atoms with van der Waals surface area (Å²) in [6.07, 6.45) is 0.920. The molecule has 0 saturated heterocycles. The fourth-order valence-corrected chi connectivity index (χ4v) is 3.96. The Labute approximate surface area is 155 Å². The molecule has 1 aromatic heterocycles. The van der Waals surface area contributed by atoms with Gasteiger partial charge < -0.3 is 10.6 Å². The van der Waals surface area contributed by atoms with Crippen LogP contribution in [0, 0.1) is 0 Å². The largest absolute Gasteiger partial charge is 0.326 e. The number of carbonyl (C=O) groups excluding carboxylic acids is 2. The monoisotopic (exact) mass is 372 g/mol. The average Bonchev–Trinajstić information content (AvgIpc) is 2.99. The van der Waals surface area contributed by atoms with E-state index in [1.54, 1.807) is 34.9 Å². The highest BCUT2D eigenvalue weighted by Crippen LogP contribution is 2.32. The molecule has 2 heterocycles. The third-order valence-corrected chi connectivity index (χ3v) is 5.11. The van der Waals surface area contributed by atoms with Gasteiger partial charge in [-0.3, -0.25) is 19.0 Å². The maximum atomic E-state index is 12.3. The van der Waals surface area contributed by atoms with E-state index in [0.29, 0.717) is 28.7 Å². The zero-order valence-electron chi connectivity index (χ0n) is 14.6. The smallest absolute Gasteiger partial charge is 0.254 e. The molecule has 2 aromatic rings. The predicted octanol–water partition coefficient (Wildman–Crippen LogP) is 2.44. The molecular formula is C18H20N4O3S. The number of aromatic nitrogens is 2. The lowest BCUT2D eigenvalue weighted by Gasteiger charge is -2.13. The first-order valence-electron chi connectivity index (χ1n) is 8.39. The van der Waals surface area contributed by atoms with Gasteiger partial charge in [-0.25, -0.2) is 4.98 Å². The van der Waals surface area contributed by atoms with Crippen LogP contribution in [-0.4, -0.2) is 27.1 Å². The zero-order chi connectivity index (χ0) is 18.7. The van der Waals surface area contributed by atoms with Crippen molar-refractivity contribution < 1.29 is 9.59 Å². The molecule has 0 fully saturated rings. The predicted molar refractivity (Wildman–Crippen MR) is 102 cm³/mol. The van der Waals surface area contributed by atoms with Crippen LogP contribution in [0.4, 0.5) is 11.4 Å². The molecule has 136 valence electrons. The SMILES string of the molecule is CCc1cc(=O)n2c(n1)SCC2CC(=O)Nc1ccc(NC(C)=O)cc1. The van der Waals surface area contributed by atoms with E-state index in [1.807, 2.05) is 6.92 Å². The van der Waals surface area contributed by atoms with Crippen molar-refractivity contribution >= 4 is 35.0 Å². The van der Waals surface area contributed by atoms with Crippen LogP contribution >= 0.6 is 11.8 Å². The molecule has 2 N–H and O–H groups in total.